The molecule has 8 nitrogen and oxygen atoms in total. The van der Waals surface area contributed by atoms with E-state index in [1.807, 2.05) is 13.8 Å². The first-order valence-corrected chi connectivity index (χ1v) is 11.9. The molecule has 0 N–H and O–H groups in total. The van der Waals surface area contributed by atoms with E-state index in [0.717, 1.165) is 4.90 Å². The number of hydrogen-bond donors (Lipinski definition) is 0. The minimum Gasteiger partial charge on any atom is -0.834 e. The number of methoxy groups -OCH3 is 1. The minimum absolute atomic E-state index is 0.0815. The molecule has 0 aliphatic carbocycles. The highest BCUT2D eigenvalue weighted by Crippen LogP contribution is 2.21. The van der Waals surface area contributed by atoms with Crippen LogP contribution < -0.4 is 9.84 Å². The van der Waals surface area contributed by atoms with Crippen molar-refractivity contribution in [2.75, 3.05) is 26.7 Å². The quantitative estimate of drug-likeness (QED) is 0.501. The van der Waals surface area contributed by atoms with Crippen LogP contribution in [0.5, 0.6) is 5.75 Å². The van der Waals surface area contributed by atoms with Crippen LogP contribution in [0, 0.1) is 5.92 Å². The van der Waals surface area contributed by atoms with Crippen LogP contribution in [-0.2, 0) is 14.8 Å². The van der Waals surface area contributed by atoms with Crippen LogP contribution in [0.4, 0.5) is 4.79 Å². The van der Waals surface area contributed by atoms with E-state index in [-0.39, 0.29) is 23.9 Å². The third-order valence-corrected chi connectivity index (χ3v) is 6.20. The zero-order valence-corrected chi connectivity index (χ0v) is 20.8. The van der Waals surface area contributed by atoms with Crippen LogP contribution >= 0.6 is 0 Å². The van der Waals surface area contributed by atoms with Gasteiger partial charge < -0.3 is 19.5 Å². The van der Waals surface area contributed by atoms with Crippen molar-refractivity contribution in [3.63, 3.8) is 0 Å². The lowest BCUT2D eigenvalue weighted by molar-refractivity contribution is -0.500. The predicted octanol–water partition coefficient (Wildman–Crippen LogP) is 3.07. The second-order valence-electron chi connectivity index (χ2n) is 9.36. The number of nitrogens with zero attached hydrogens (tertiary/aromatic N) is 2. The Balaban J connectivity index is 2.99. The van der Waals surface area contributed by atoms with Crippen molar-refractivity contribution >= 4 is 16.1 Å². The van der Waals surface area contributed by atoms with Crippen molar-refractivity contribution in [1.29, 1.82) is 0 Å². The summed E-state index contributed by atoms with van der Waals surface area (Å²) in [7, 11) is -2.22. The van der Waals surface area contributed by atoms with E-state index in [1.54, 1.807) is 32.9 Å². The van der Waals surface area contributed by atoms with Gasteiger partial charge in [0.1, 0.15) is 11.4 Å². The number of sulfonamides is 1. The van der Waals surface area contributed by atoms with Crippen molar-refractivity contribution < 1.29 is 27.8 Å². The van der Waals surface area contributed by atoms with E-state index in [2.05, 4.69) is 0 Å². The van der Waals surface area contributed by atoms with Gasteiger partial charge in [0.05, 0.1) is 12.0 Å². The van der Waals surface area contributed by atoms with E-state index >= 15 is 0 Å². The van der Waals surface area contributed by atoms with Crippen molar-refractivity contribution in [2.24, 2.45) is 5.92 Å². The van der Waals surface area contributed by atoms with Gasteiger partial charge in [0.15, 0.2) is 0 Å². The predicted molar refractivity (Wildman–Crippen MR) is 118 cm³/mol. The Bertz CT molecular complexity index is 808. The van der Waals surface area contributed by atoms with Gasteiger partial charge in [0.2, 0.25) is 10.0 Å². The maximum atomic E-state index is 13.2. The van der Waals surface area contributed by atoms with Crippen LogP contribution in [-0.4, -0.2) is 61.8 Å². The molecule has 1 amide bonds. The van der Waals surface area contributed by atoms with E-state index in [9.17, 15) is 18.3 Å². The summed E-state index contributed by atoms with van der Waals surface area (Å²) in [5.74, 6) is 0.672. The van der Waals surface area contributed by atoms with Gasteiger partial charge in [-0.1, -0.05) is 27.7 Å². The summed E-state index contributed by atoms with van der Waals surface area (Å²) in [6.07, 6.45) is -0.409. The molecule has 0 heterocycles. The lowest BCUT2D eigenvalue weighted by Crippen LogP contribution is -2.58. The molecule has 0 radical (unpaired) electrons. The molecule has 0 unspecified atom stereocenters. The second kappa shape index (κ2) is 10.7. The molecule has 0 aliphatic heterocycles. The third kappa shape index (κ3) is 8.66. The summed E-state index contributed by atoms with van der Waals surface area (Å²) in [6.45, 7) is 12.4. The zero-order chi connectivity index (χ0) is 24.0. The fourth-order valence-corrected chi connectivity index (χ4v) is 4.56. The lowest BCUT2D eigenvalue weighted by atomic mass is 10.2. The molecule has 1 aromatic rings. The average molecular weight is 458 g/mol. The van der Waals surface area contributed by atoms with Crippen LogP contribution in [0.2, 0.25) is 0 Å². The molecule has 0 bridgehead atoms. The molecule has 0 saturated carbocycles. The lowest BCUT2D eigenvalue weighted by Gasteiger charge is -2.44. The normalized spacial score (nSPS) is 12.9. The molecule has 31 heavy (non-hydrogen) atoms. The van der Waals surface area contributed by atoms with Crippen molar-refractivity contribution in [1.82, 2.24) is 9.21 Å². The Kier molecular flexibility index (Phi) is 9.34. The van der Waals surface area contributed by atoms with Crippen LogP contribution in [0.3, 0.4) is 0 Å². The van der Waals surface area contributed by atoms with Crippen molar-refractivity contribution in [3.8, 4) is 5.75 Å². The molecular formula is C22H37N2O6S-. The number of amides is 1. The van der Waals surface area contributed by atoms with Crippen LogP contribution in [0.15, 0.2) is 29.2 Å². The molecule has 0 saturated heterocycles. The number of rotatable bonds is 10. The van der Waals surface area contributed by atoms with E-state index in [0.29, 0.717) is 18.7 Å². The molecule has 0 fully saturated rings. The highest BCUT2D eigenvalue weighted by atomic mass is 32.2. The first kappa shape index (κ1) is 27.2. The largest absolute Gasteiger partial charge is 0.834 e. The Morgan fingerprint density at radius 1 is 1.06 bits per heavy atom. The molecule has 1 rings (SSSR count). The highest BCUT2D eigenvalue weighted by molar-refractivity contribution is 7.89. The van der Waals surface area contributed by atoms with Gasteiger partial charge in [-0.3, -0.25) is 0 Å². The molecule has 0 aromatic heterocycles. The topological polar surface area (TPSA) is 99.2 Å². The number of carbonyl (C=O) groups is 1. The molecule has 178 valence electrons. The van der Waals surface area contributed by atoms with Gasteiger partial charge in [0, 0.05) is 19.6 Å². The zero-order valence-electron chi connectivity index (χ0n) is 20.0. The van der Waals surface area contributed by atoms with Gasteiger partial charge in [-0.25, -0.2) is 13.2 Å². The summed E-state index contributed by atoms with van der Waals surface area (Å²) in [6, 6.07) is 6.22. The van der Waals surface area contributed by atoms with Crippen molar-refractivity contribution in [3.05, 3.63) is 24.3 Å². The summed E-state index contributed by atoms with van der Waals surface area (Å²) in [5.41, 5.74) is -2.43. The SMILES string of the molecule is COc1ccc(S(=O)(=O)N(CCCN(C(=O)OC(C)(C)C)C(C)(C)[O-])CC(C)C)cc1. The third-order valence-electron chi connectivity index (χ3n) is 4.32. The fraction of sp³-hybridized carbons (Fsp3) is 0.682. The maximum Gasteiger partial charge on any atom is 0.409 e. The van der Waals surface area contributed by atoms with E-state index in [1.165, 1.54) is 37.4 Å². The average Bonchev–Trinajstić information content (AvgIpc) is 2.61. The smallest absolute Gasteiger partial charge is 0.409 e. The Morgan fingerprint density at radius 2 is 1.61 bits per heavy atom. The summed E-state index contributed by atoms with van der Waals surface area (Å²) in [5, 5.41) is 12.5. The molecular weight excluding hydrogens is 420 g/mol. The Hall–Kier alpha value is -1.84. The fourth-order valence-electron chi connectivity index (χ4n) is 2.92. The standard InChI is InChI=1S/C22H37N2O6S/c1-17(2)16-23(31(27,28)19-12-10-18(29-8)11-13-19)14-9-15-24(22(6,7)26)20(25)30-21(3,4)5/h10-13,17H,9,14-16H2,1-8H3/q-1. The monoisotopic (exact) mass is 457 g/mol. The van der Waals surface area contributed by atoms with Gasteiger partial charge in [-0.05, 0) is 63.1 Å². The van der Waals surface area contributed by atoms with E-state index < -0.39 is 27.4 Å². The summed E-state index contributed by atoms with van der Waals surface area (Å²) >= 11 is 0. The molecule has 0 atom stereocenters. The maximum absolute atomic E-state index is 13.2. The first-order valence-electron chi connectivity index (χ1n) is 10.4. The van der Waals surface area contributed by atoms with Crippen LogP contribution in [0.1, 0.15) is 54.9 Å². The van der Waals surface area contributed by atoms with Gasteiger partial charge in [-0.15, -0.1) is 0 Å². The number of carbonyl (C=O) groups excluding carboxylic acids is 1. The summed E-state index contributed by atoms with van der Waals surface area (Å²) < 4.78 is 38.2. The van der Waals surface area contributed by atoms with Gasteiger partial charge in [-0.2, -0.15) is 4.31 Å². The summed E-state index contributed by atoms with van der Waals surface area (Å²) in [4.78, 5) is 13.8. The number of ether oxygens (including phenoxy) is 2. The van der Waals surface area contributed by atoms with Crippen molar-refractivity contribution in [2.45, 2.75) is 71.1 Å². The first-order chi connectivity index (χ1) is 14.1. The number of hydrogen-bond acceptors (Lipinski definition) is 6. The molecule has 0 aliphatic rings. The number of benzene rings is 1. The van der Waals surface area contributed by atoms with Gasteiger partial charge in [0.25, 0.3) is 0 Å². The van der Waals surface area contributed by atoms with E-state index in [4.69, 9.17) is 9.47 Å². The molecule has 0 spiro atoms. The molecule has 9 heteroatoms. The Labute approximate surface area is 187 Å². The van der Waals surface area contributed by atoms with Crippen LogP contribution in [0.25, 0.3) is 0 Å². The van der Waals surface area contributed by atoms with Gasteiger partial charge >= 0.3 is 6.09 Å². The minimum atomic E-state index is -3.74. The molecule has 1 aromatic carbocycles. The Morgan fingerprint density at radius 3 is 2.03 bits per heavy atom. The second-order valence-corrected chi connectivity index (χ2v) is 11.3. The highest BCUT2D eigenvalue weighted by Gasteiger charge is 2.29.